The lowest BCUT2D eigenvalue weighted by molar-refractivity contribution is -0.151. The number of anilines is 1. The lowest BCUT2D eigenvalue weighted by Crippen LogP contribution is -2.39. The standard InChI is InChI=1S/C14H11F3N2O2/c15-14(16,17)13(5-6-13)19-11-9-4-2-1-3-8(9)7-10(18-11)12(20)21/h1-4,7H,5-6H2,(H,18,19)(H,20,21). The molecule has 21 heavy (non-hydrogen) atoms. The monoisotopic (exact) mass is 296 g/mol. The highest BCUT2D eigenvalue weighted by atomic mass is 19.4. The molecule has 3 rings (SSSR count). The van der Waals surface area contributed by atoms with Gasteiger partial charge in [0, 0.05) is 5.39 Å². The molecule has 110 valence electrons. The second-order valence-electron chi connectivity index (χ2n) is 5.09. The Labute approximate surface area is 117 Å². The summed E-state index contributed by atoms with van der Waals surface area (Å²) in [6, 6.07) is 7.96. The van der Waals surface area contributed by atoms with E-state index in [0.29, 0.717) is 10.8 Å². The molecule has 0 radical (unpaired) electrons. The summed E-state index contributed by atoms with van der Waals surface area (Å²) in [6.45, 7) is 0. The highest BCUT2D eigenvalue weighted by molar-refractivity contribution is 5.98. The number of carboxylic acid groups (broad SMARTS) is 1. The van der Waals surface area contributed by atoms with Crippen LogP contribution in [0.4, 0.5) is 19.0 Å². The van der Waals surface area contributed by atoms with Crippen molar-refractivity contribution in [2.75, 3.05) is 5.32 Å². The first-order valence-electron chi connectivity index (χ1n) is 6.30. The first-order valence-corrected chi connectivity index (χ1v) is 6.30. The van der Waals surface area contributed by atoms with Crippen LogP contribution in [0.5, 0.6) is 0 Å². The molecule has 4 nitrogen and oxygen atoms in total. The van der Waals surface area contributed by atoms with Crippen LogP contribution < -0.4 is 5.32 Å². The van der Waals surface area contributed by atoms with Gasteiger partial charge in [0.2, 0.25) is 0 Å². The summed E-state index contributed by atoms with van der Waals surface area (Å²) < 4.78 is 39.1. The number of hydrogen-bond acceptors (Lipinski definition) is 3. The van der Waals surface area contributed by atoms with Crippen LogP contribution in [-0.2, 0) is 0 Å². The molecule has 0 unspecified atom stereocenters. The highest BCUT2D eigenvalue weighted by Crippen LogP contribution is 2.51. The first kappa shape index (κ1) is 13.7. The van der Waals surface area contributed by atoms with Crippen molar-refractivity contribution in [3.05, 3.63) is 36.0 Å². The van der Waals surface area contributed by atoms with E-state index in [0.717, 1.165) is 0 Å². The number of benzene rings is 1. The number of fused-ring (bicyclic) bond motifs is 1. The van der Waals surface area contributed by atoms with Crippen molar-refractivity contribution in [3.8, 4) is 0 Å². The van der Waals surface area contributed by atoms with Gasteiger partial charge in [-0.3, -0.25) is 0 Å². The SMILES string of the molecule is O=C(O)c1cc2ccccc2c(NC2(C(F)(F)F)CC2)n1. The Morgan fingerprint density at radius 3 is 2.52 bits per heavy atom. The van der Waals surface area contributed by atoms with Gasteiger partial charge >= 0.3 is 12.1 Å². The van der Waals surface area contributed by atoms with Gasteiger partial charge in [-0.15, -0.1) is 0 Å². The largest absolute Gasteiger partial charge is 0.477 e. The molecular formula is C14H11F3N2O2. The van der Waals surface area contributed by atoms with Gasteiger partial charge in [-0.25, -0.2) is 9.78 Å². The molecule has 0 spiro atoms. The summed E-state index contributed by atoms with van der Waals surface area (Å²) >= 11 is 0. The third kappa shape index (κ3) is 2.28. The molecule has 7 heteroatoms. The highest BCUT2D eigenvalue weighted by Gasteiger charge is 2.63. The zero-order valence-electron chi connectivity index (χ0n) is 10.7. The maximum absolute atomic E-state index is 13.0. The molecule has 2 aromatic rings. The molecule has 1 aromatic carbocycles. The molecule has 2 N–H and O–H groups in total. The fourth-order valence-electron chi connectivity index (χ4n) is 2.23. The predicted octanol–water partition coefficient (Wildman–Crippen LogP) is 3.44. The topological polar surface area (TPSA) is 62.2 Å². The maximum atomic E-state index is 13.0. The molecule has 1 fully saturated rings. The summed E-state index contributed by atoms with van der Waals surface area (Å²) in [5.74, 6) is -1.32. The van der Waals surface area contributed by atoms with Crippen LogP contribution in [-0.4, -0.2) is 27.8 Å². The maximum Gasteiger partial charge on any atom is 0.411 e. The number of nitrogens with one attached hydrogen (secondary N) is 1. The number of halogens is 3. The molecule has 1 heterocycles. The van der Waals surface area contributed by atoms with E-state index < -0.39 is 17.7 Å². The van der Waals surface area contributed by atoms with Crippen LogP contribution in [0.1, 0.15) is 23.3 Å². The van der Waals surface area contributed by atoms with Crippen molar-refractivity contribution in [1.82, 2.24) is 4.98 Å². The lowest BCUT2D eigenvalue weighted by Gasteiger charge is -2.22. The number of aromatic nitrogens is 1. The summed E-state index contributed by atoms with van der Waals surface area (Å²) in [4.78, 5) is 14.9. The number of carboxylic acids is 1. The van der Waals surface area contributed by atoms with Crippen molar-refractivity contribution < 1.29 is 23.1 Å². The third-order valence-electron chi connectivity index (χ3n) is 3.61. The fourth-order valence-corrected chi connectivity index (χ4v) is 2.23. The van der Waals surface area contributed by atoms with Crippen LogP contribution in [0.15, 0.2) is 30.3 Å². The van der Waals surface area contributed by atoms with E-state index in [1.54, 1.807) is 24.3 Å². The molecule has 0 saturated heterocycles. The predicted molar refractivity (Wildman–Crippen MR) is 70.3 cm³/mol. The Bertz CT molecular complexity index is 724. The van der Waals surface area contributed by atoms with Gasteiger partial charge in [0.1, 0.15) is 11.4 Å². The Morgan fingerprint density at radius 2 is 1.95 bits per heavy atom. The van der Waals surface area contributed by atoms with Crippen LogP contribution in [0.3, 0.4) is 0 Å². The van der Waals surface area contributed by atoms with Crippen LogP contribution in [0.25, 0.3) is 10.8 Å². The Morgan fingerprint density at radius 1 is 1.29 bits per heavy atom. The minimum absolute atomic E-state index is 0.0379. The van der Waals surface area contributed by atoms with E-state index in [2.05, 4.69) is 10.3 Å². The lowest BCUT2D eigenvalue weighted by atomic mass is 10.1. The number of alkyl halides is 3. The second-order valence-corrected chi connectivity index (χ2v) is 5.09. The molecule has 0 atom stereocenters. The van der Waals surface area contributed by atoms with Crippen LogP contribution in [0, 0.1) is 0 Å². The first-order chi connectivity index (χ1) is 9.82. The number of carbonyl (C=O) groups is 1. The second kappa shape index (κ2) is 4.34. The number of nitrogens with zero attached hydrogens (tertiary/aromatic N) is 1. The summed E-state index contributed by atoms with van der Waals surface area (Å²) in [5, 5.41) is 12.4. The van der Waals surface area contributed by atoms with Crippen molar-refractivity contribution in [2.45, 2.75) is 24.6 Å². The summed E-state index contributed by atoms with van der Waals surface area (Å²) in [6.07, 6.45) is -4.47. The fraction of sp³-hybridized carbons (Fsp3) is 0.286. The minimum Gasteiger partial charge on any atom is -0.477 e. The molecule has 1 aliphatic rings. The van der Waals surface area contributed by atoms with E-state index in [1.807, 2.05) is 0 Å². The molecule has 0 aliphatic heterocycles. The average molecular weight is 296 g/mol. The van der Waals surface area contributed by atoms with Crippen molar-refractivity contribution >= 4 is 22.6 Å². The number of hydrogen-bond donors (Lipinski definition) is 2. The van der Waals surface area contributed by atoms with Gasteiger partial charge in [0.15, 0.2) is 5.69 Å². The normalized spacial score (nSPS) is 16.7. The number of rotatable bonds is 3. The van der Waals surface area contributed by atoms with Crippen molar-refractivity contribution in [1.29, 1.82) is 0 Å². The Balaban J connectivity index is 2.11. The van der Waals surface area contributed by atoms with Gasteiger partial charge in [0.05, 0.1) is 0 Å². The van der Waals surface area contributed by atoms with Gasteiger partial charge in [0.25, 0.3) is 0 Å². The molecule has 1 aliphatic carbocycles. The number of aromatic carboxylic acids is 1. The zero-order chi connectivity index (χ0) is 15.3. The number of pyridine rings is 1. The van der Waals surface area contributed by atoms with E-state index >= 15 is 0 Å². The van der Waals surface area contributed by atoms with Crippen LogP contribution >= 0.6 is 0 Å². The van der Waals surface area contributed by atoms with Gasteiger partial charge in [-0.1, -0.05) is 24.3 Å². The summed E-state index contributed by atoms with van der Waals surface area (Å²) in [7, 11) is 0. The van der Waals surface area contributed by atoms with Crippen molar-refractivity contribution in [2.24, 2.45) is 0 Å². The molecule has 0 bridgehead atoms. The quantitative estimate of drug-likeness (QED) is 0.910. The smallest absolute Gasteiger partial charge is 0.411 e. The third-order valence-corrected chi connectivity index (χ3v) is 3.61. The zero-order valence-corrected chi connectivity index (χ0v) is 10.7. The Kier molecular flexibility index (Phi) is 2.82. The van der Waals surface area contributed by atoms with Gasteiger partial charge in [-0.05, 0) is 24.3 Å². The molecular weight excluding hydrogens is 285 g/mol. The average Bonchev–Trinajstić information content (AvgIpc) is 3.19. The van der Waals surface area contributed by atoms with Crippen molar-refractivity contribution in [3.63, 3.8) is 0 Å². The van der Waals surface area contributed by atoms with E-state index in [1.165, 1.54) is 6.07 Å². The molecule has 0 amide bonds. The summed E-state index contributed by atoms with van der Waals surface area (Å²) in [5.41, 5.74) is -2.27. The van der Waals surface area contributed by atoms with Crippen LogP contribution in [0.2, 0.25) is 0 Å². The van der Waals surface area contributed by atoms with E-state index in [9.17, 15) is 18.0 Å². The van der Waals surface area contributed by atoms with E-state index in [4.69, 9.17) is 5.11 Å². The molecule has 1 saturated carbocycles. The van der Waals surface area contributed by atoms with Gasteiger partial charge in [-0.2, -0.15) is 13.2 Å². The molecule has 1 aromatic heterocycles. The minimum atomic E-state index is -4.39. The van der Waals surface area contributed by atoms with Gasteiger partial charge < -0.3 is 10.4 Å². The Hall–Kier alpha value is -2.31. The van der Waals surface area contributed by atoms with E-state index in [-0.39, 0.29) is 24.4 Å².